The lowest BCUT2D eigenvalue weighted by molar-refractivity contribution is -0.517. The Bertz CT molecular complexity index is 2240. The van der Waals surface area contributed by atoms with E-state index < -0.39 is 0 Å². The lowest BCUT2D eigenvalue weighted by Crippen LogP contribution is -2.13. The van der Waals surface area contributed by atoms with E-state index in [1.807, 2.05) is 40.9 Å². The molecule has 0 atom stereocenters. The molecule has 7 heteroatoms. The van der Waals surface area contributed by atoms with Crippen LogP contribution in [-0.2, 0) is 5.41 Å². The van der Waals surface area contributed by atoms with Gasteiger partial charge in [-0.2, -0.15) is 0 Å². The third kappa shape index (κ3) is 3.73. The molecule has 200 valence electrons. The summed E-state index contributed by atoms with van der Waals surface area (Å²) in [7, 11) is 0. The van der Waals surface area contributed by atoms with Crippen molar-refractivity contribution in [2.75, 3.05) is 0 Å². The van der Waals surface area contributed by atoms with E-state index in [0.29, 0.717) is 11.4 Å². The molecule has 8 rings (SSSR count). The number of oxazole rings is 2. The van der Waals surface area contributed by atoms with Crippen LogP contribution in [0.3, 0.4) is 0 Å². The fraction of sp³-hybridized carbons (Fsp3) is 0.118. The number of aromatic nitrogens is 4. The molecule has 0 saturated carbocycles. The van der Waals surface area contributed by atoms with Gasteiger partial charge in [0.25, 0.3) is 17.8 Å². The summed E-state index contributed by atoms with van der Waals surface area (Å²) < 4.78 is 23.6. The number of ether oxygens (including phenoxy) is 1. The largest absolute Gasteiger partial charge is 0.470 e. The molecule has 0 N–H and O–H groups in total. The quantitative estimate of drug-likeness (QED) is 0.169. The van der Waals surface area contributed by atoms with E-state index in [4.69, 9.17) is 18.6 Å². The van der Waals surface area contributed by atoms with Gasteiger partial charge in [0.15, 0.2) is 0 Å². The average molecular weight is 539 g/mol. The molecule has 0 aliphatic heterocycles. The lowest BCUT2D eigenvalue weighted by atomic mass is 9.88. The summed E-state index contributed by atoms with van der Waals surface area (Å²) in [5.41, 5.74) is 6.38. The molecule has 41 heavy (non-hydrogen) atoms. The van der Waals surface area contributed by atoms with Crippen LogP contribution < -0.4 is 9.14 Å². The summed E-state index contributed by atoms with van der Waals surface area (Å²) in [5, 5.41) is 2.32. The van der Waals surface area contributed by atoms with Crippen molar-refractivity contribution >= 4 is 33.2 Å². The SMILES string of the molecule is CC(C)(C)c1ccnc(-n2c3ccccc3c3ccc(Oc4cccc(-c5coc6c7occ[n+]7[c-]n56)c4)cc32)c1. The van der Waals surface area contributed by atoms with Crippen LogP contribution in [0.15, 0.2) is 113 Å². The van der Waals surface area contributed by atoms with Crippen LogP contribution >= 0.6 is 0 Å². The summed E-state index contributed by atoms with van der Waals surface area (Å²) in [6, 6.07) is 26.9. The van der Waals surface area contributed by atoms with Crippen molar-refractivity contribution in [1.82, 2.24) is 14.0 Å². The normalized spacial score (nSPS) is 12.3. The zero-order valence-electron chi connectivity index (χ0n) is 22.8. The fourth-order valence-corrected chi connectivity index (χ4v) is 5.51. The molecule has 0 amide bonds. The predicted molar refractivity (Wildman–Crippen MR) is 157 cm³/mol. The zero-order chi connectivity index (χ0) is 27.7. The zero-order valence-corrected chi connectivity index (χ0v) is 22.8. The van der Waals surface area contributed by atoms with Crippen molar-refractivity contribution in [2.45, 2.75) is 26.2 Å². The minimum atomic E-state index is 0.0111. The first kappa shape index (κ1) is 23.6. The summed E-state index contributed by atoms with van der Waals surface area (Å²) in [6.45, 7) is 6.66. The van der Waals surface area contributed by atoms with Crippen LogP contribution in [0.4, 0.5) is 0 Å². The molecule has 0 bridgehead atoms. The van der Waals surface area contributed by atoms with Gasteiger partial charge in [0.1, 0.15) is 23.0 Å². The average Bonchev–Trinajstić information content (AvgIpc) is 3.73. The minimum absolute atomic E-state index is 0.0111. The second kappa shape index (κ2) is 8.60. The van der Waals surface area contributed by atoms with E-state index >= 15 is 0 Å². The van der Waals surface area contributed by atoms with Crippen molar-refractivity contribution in [3.63, 3.8) is 0 Å². The molecular weight excluding hydrogens is 512 g/mol. The molecule has 0 aliphatic rings. The van der Waals surface area contributed by atoms with Crippen LogP contribution in [0.2, 0.25) is 0 Å². The van der Waals surface area contributed by atoms with Gasteiger partial charge in [-0.05, 0) is 59.0 Å². The third-order valence-electron chi connectivity index (χ3n) is 7.58. The van der Waals surface area contributed by atoms with Crippen molar-refractivity contribution in [3.8, 4) is 28.6 Å². The smallest absolute Gasteiger partial charge is 0.279 e. The summed E-state index contributed by atoms with van der Waals surface area (Å²) >= 11 is 0. The van der Waals surface area contributed by atoms with Gasteiger partial charge in [0.05, 0.1) is 29.8 Å². The summed E-state index contributed by atoms with van der Waals surface area (Å²) in [5.74, 6) is 2.34. The maximum atomic E-state index is 6.44. The Morgan fingerprint density at radius 1 is 0.854 bits per heavy atom. The standard InChI is InChI=1S/C34H26N4O3/c1-34(2,3)23-13-14-35-31(18-23)38-28-10-5-4-9-26(28)27-12-11-25(19-29(27)38)41-24-8-6-7-22(17-24)30-20-40-33-32-36(15-16-39-32)21-37(30)33/h4-20H,1-3H3. The molecule has 0 aliphatic carbocycles. The van der Waals surface area contributed by atoms with E-state index in [1.165, 1.54) is 10.9 Å². The highest BCUT2D eigenvalue weighted by Crippen LogP contribution is 2.36. The van der Waals surface area contributed by atoms with E-state index in [-0.39, 0.29) is 5.41 Å². The number of benzene rings is 3. The minimum Gasteiger partial charge on any atom is -0.470 e. The van der Waals surface area contributed by atoms with Gasteiger partial charge in [0, 0.05) is 23.0 Å². The number of imidazole rings is 1. The molecule has 0 spiro atoms. The predicted octanol–water partition coefficient (Wildman–Crippen LogP) is 7.91. The van der Waals surface area contributed by atoms with E-state index in [0.717, 1.165) is 45.0 Å². The van der Waals surface area contributed by atoms with Crippen LogP contribution in [0.1, 0.15) is 26.3 Å². The summed E-state index contributed by atoms with van der Waals surface area (Å²) in [4.78, 5) is 4.79. The Morgan fingerprint density at radius 3 is 2.61 bits per heavy atom. The Labute approximate surface area is 235 Å². The van der Waals surface area contributed by atoms with Crippen molar-refractivity contribution in [2.24, 2.45) is 0 Å². The van der Waals surface area contributed by atoms with Gasteiger partial charge in [-0.25, -0.2) is 4.98 Å². The van der Waals surface area contributed by atoms with E-state index in [9.17, 15) is 0 Å². The second-order valence-corrected chi connectivity index (χ2v) is 11.3. The monoisotopic (exact) mass is 538 g/mol. The van der Waals surface area contributed by atoms with Crippen LogP contribution in [0, 0.1) is 6.33 Å². The van der Waals surface area contributed by atoms with Gasteiger partial charge < -0.3 is 13.6 Å². The molecule has 5 heterocycles. The number of para-hydroxylation sites is 1. The Hall–Kier alpha value is -5.30. The lowest BCUT2D eigenvalue weighted by Gasteiger charge is -2.20. The van der Waals surface area contributed by atoms with Gasteiger partial charge in [-0.1, -0.05) is 51.1 Å². The maximum Gasteiger partial charge on any atom is 0.279 e. The molecule has 0 radical (unpaired) electrons. The highest BCUT2D eigenvalue weighted by molar-refractivity contribution is 6.09. The van der Waals surface area contributed by atoms with Gasteiger partial charge in [0.2, 0.25) is 0 Å². The number of rotatable bonds is 4. The molecule has 7 nitrogen and oxygen atoms in total. The van der Waals surface area contributed by atoms with Crippen molar-refractivity contribution in [3.05, 3.63) is 116 Å². The first-order chi connectivity index (χ1) is 19.9. The molecule has 0 unspecified atom stereocenters. The van der Waals surface area contributed by atoms with Crippen LogP contribution in [0.5, 0.6) is 11.5 Å². The highest BCUT2D eigenvalue weighted by Gasteiger charge is 2.19. The van der Waals surface area contributed by atoms with Gasteiger partial charge in [-0.15, -0.1) is 0 Å². The first-order valence-electron chi connectivity index (χ1n) is 13.5. The van der Waals surface area contributed by atoms with Crippen molar-refractivity contribution < 1.29 is 18.0 Å². The molecular formula is C34H26N4O3. The van der Waals surface area contributed by atoms with Gasteiger partial charge >= 0.3 is 0 Å². The Kier molecular flexibility index (Phi) is 4.94. The third-order valence-corrected chi connectivity index (χ3v) is 7.58. The van der Waals surface area contributed by atoms with Crippen LogP contribution in [-0.4, -0.2) is 14.0 Å². The highest BCUT2D eigenvalue weighted by atomic mass is 16.5. The molecule has 3 aromatic carbocycles. The van der Waals surface area contributed by atoms with E-state index in [1.54, 1.807) is 23.1 Å². The maximum absolute atomic E-state index is 6.44. The van der Waals surface area contributed by atoms with E-state index in [2.05, 4.69) is 80.2 Å². The van der Waals surface area contributed by atoms with Crippen molar-refractivity contribution in [1.29, 1.82) is 0 Å². The number of pyridine rings is 1. The summed E-state index contributed by atoms with van der Waals surface area (Å²) in [6.07, 6.45) is 10.2. The van der Waals surface area contributed by atoms with Crippen LogP contribution in [0.25, 0.3) is 50.3 Å². The number of hydrogen-bond donors (Lipinski definition) is 0. The first-order valence-corrected chi connectivity index (χ1v) is 13.5. The molecule has 8 aromatic rings. The topological polar surface area (TPSA) is 61.8 Å². The Balaban J connectivity index is 1.22. The Morgan fingerprint density at radius 2 is 1.71 bits per heavy atom. The number of nitrogens with zero attached hydrogens (tertiary/aromatic N) is 4. The number of fused-ring (bicyclic) bond motifs is 6. The molecule has 5 aromatic heterocycles. The number of hydrogen-bond acceptors (Lipinski definition) is 4. The fourth-order valence-electron chi connectivity index (χ4n) is 5.51. The van der Waals surface area contributed by atoms with Gasteiger partial charge in [-0.3, -0.25) is 13.4 Å². The molecule has 0 saturated heterocycles. The molecule has 0 fully saturated rings. The second-order valence-electron chi connectivity index (χ2n) is 11.3.